The normalized spacial score (nSPS) is 1.86. The minimum Gasteiger partial charge on any atom is -0.542 e. The zero-order chi connectivity index (χ0) is 2.71. The first kappa shape index (κ1) is 32.4. The molecule has 0 aliphatic carbocycles. The van der Waals surface area contributed by atoms with Crippen molar-refractivity contribution in [3.05, 3.63) is 7.43 Å². The van der Waals surface area contributed by atoms with Crippen molar-refractivity contribution in [3.63, 3.8) is 0 Å². The maximum atomic E-state index is 8.68. The second-order valence-corrected chi connectivity index (χ2v) is 0.204. The van der Waals surface area contributed by atoms with Gasteiger partial charge < -0.3 is 12.2 Å². The average molecular weight is 325 g/mol. The molecule has 0 aliphatic rings. The molecule has 0 rings (SSSR count). The van der Waals surface area contributed by atoms with Crippen molar-refractivity contribution < 1.29 is 103 Å². The van der Waals surface area contributed by atoms with Crippen LogP contribution in [0.25, 0.3) is 0 Å². The Balaban J connectivity index is -0.00000000333. The first-order chi connectivity index (χ1) is 1.41. The van der Waals surface area contributed by atoms with Gasteiger partial charge in [0, 0.05) is 98.1 Å². The molecule has 7 heavy (non-hydrogen) atoms. The van der Waals surface area contributed by atoms with Gasteiger partial charge in [0.25, 0.3) is 0 Å². The largest absolute Gasteiger partial charge is 0.542 e. The molecule has 0 aromatic carbocycles. The fourth-order valence-corrected chi connectivity index (χ4v) is 0. The zero-order valence-corrected chi connectivity index (χ0v) is 13.2. The molecule has 0 atom stereocenters. The van der Waals surface area contributed by atoms with Crippen LogP contribution >= 0.6 is 0 Å². The second kappa shape index (κ2) is 36.1. The van der Waals surface area contributed by atoms with Crippen molar-refractivity contribution in [3.8, 4) is 0 Å². The minimum atomic E-state index is 0. The average Bonchev–Trinajstić information content (AvgIpc) is 0.918. The van der Waals surface area contributed by atoms with Gasteiger partial charge in [0.2, 0.25) is 0 Å². The number of rotatable bonds is 0. The Morgan fingerprint density at radius 3 is 1.14 bits per heavy atom. The van der Waals surface area contributed by atoms with E-state index in [1.807, 2.05) is 0 Å². The maximum Gasteiger partial charge on any atom is 0 e. The summed E-state index contributed by atoms with van der Waals surface area (Å²) in [4.78, 5) is 8.68. The van der Waals surface area contributed by atoms with E-state index in [0.29, 0.717) is 0 Å². The number of hydrogen-bond acceptors (Lipinski definition) is 1. The quantitative estimate of drug-likeness (QED) is 0.595. The third-order valence-electron chi connectivity index (χ3n) is 0. The Kier molecular flexibility index (Phi) is 167. The summed E-state index contributed by atoms with van der Waals surface area (Å²) in [7, 11) is 0. The van der Waals surface area contributed by atoms with Crippen LogP contribution in [0, 0.1) is 7.43 Å². The molecule has 0 heterocycles. The van der Waals surface area contributed by atoms with E-state index >= 15 is 0 Å². The van der Waals surface area contributed by atoms with E-state index in [9.17, 15) is 0 Å². The summed E-state index contributed by atoms with van der Waals surface area (Å²) in [5.74, 6) is 0. The molecule has 0 bridgehead atoms. The van der Waals surface area contributed by atoms with Gasteiger partial charge in [-0.3, -0.25) is 6.29 Å². The molecule has 0 aliphatic heterocycles. The Hall–Kier alpha value is 2.98. The predicted molar refractivity (Wildman–Crippen MR) is 17.8 cm³/mol. The van der Waals surface area contributed by atoms with Gasteiger partial charge in [-0.25, -0.2) is 0 Å². The van der Waals surface area contributed by atoms with Crippen molar-refractivity contribution in [1.29, 1.82) is 0 Å². The molecule has 1 nitrogen and oxygen atoms in total. The van der Waals surface area contributed by atoms with Gasteiger partial charge >= 0.3 is 0 Å². The second-order valence-electron chi connectivity index (χ2n) is 0.204. The Morgan fingerprint density at radius 1 is 1.14 bits per heavy atom. The number of carbonyl (C=O) groups excluding carboxylic acids is 1. The van der Waals surface area contributed by atoms with Crippen LogP contribution in [0.5, 0.6) is 0 Å². The van der Waals surface area contributed by atoms with E-state index in [4.69, 9.17) is 4.79 Å². The molecule has 35 valence electrons. The van der Waals surface area contributed by atoms with E-state index in [-0.39, 0.29) is 106 Å². The van der Waals surface area contributed by atoms with E-state index in [1.165, 1.54) is 13.2 Å². The minimum absolute atomic E-state index is 0. The van der Waals surface area contributed by atoms with E-state index in [2.05, 4.69) is 0 Å². The number of hydrogen-bond donors (Lipinski definition) is 0. The van der Waals surface area contributed by atoms with E-state index in [0.717, 1.165) is 0 Å². The molecule has 0 unspecified atom stereocenters. The molecule has 0 amide bonds. The van der Waals surface area contributed by atoms with Crippen LogP contribution in [0.2, 0.25) is 0 Å². The fourth-order valence-electron chi connectivity index (χ4n) is 0. The van der Waals surface area contributed by atoms with Crippen LogP contribution in [-0.2, 0) is 103 Å². The van der Waals surface area contributed by atoms with Gasteiger partial charge in [0.05, 0.1) is 0 Å². The molecule has 0 saturated heterocycles. The Labute approximate surface area is 121 Å². The molecule has 4 heteroatoms. The van der Waals surface area contributed by atoms with Gasteiger partial charge in [0.1, 0.15) is 0 Å². The molecule has 0 aromatic rings. The molecular formula is C3H6OY3-2. The van der Waals surface area contributed by atoms with Crippen molar-refractivity contribution in [2.75, 3.05) is 0 Å². The smallest absolute Gasteiger partial charge is 0 e. The monoisotopic (exact) mass is 325 g/mol. The summed E-state index contributed by atoms with van der Waals surface area (Å²) < 4.78 is 0. The summed E-state index contributed by atoms with van der Waals surface area (Å²) in [6.07, 6.45) is 1.50. The summed E-state index contributed by atoms with van der Waals surface area (Å²) in [5, 5.41) is 0. The molecule has 0 aromatic heterocycles. The van der Waals surface area contributed by atoms with Crippen LogP contribution in [-0.4, -0.2) is 6.29 Å². The Bertz CT molecular complexity index is 17.7. The van der Waals surface area contributed by atoms with E-state index in [1.54, 1.807) is 0 Å². The molecule has 3 radical (unpaired) electrons. The fraction of sp³-hybridized carbons (Fsp3) is 0.333. The molecular weight excluding hydrogens is 319 g/mol. The third kappa shape index (κ3) is 49.2. The van der Waals surface area contributed by atoms with Crippen molar-refractivity contribution >= 4 is 6.29 Å². The van der Waals surface area contributed by atoms with Crippen LogP contribution in [0.4, 0.5) is 0 Å². The maximum absolute atomic E-state index is 8.68. The molecule has 0 saturated carbocycles. The molecule has 0 N–H and O–H groups in total. The molecule has 0 spiro atoms. The first-order valence-electron chi connectivity index (χ1n) is 0.704. The molecule has 0 fully saturated rings. The van der Waals surface area contributed by atoms with Crippen molar-refractivity contribution in [1.82, 2.24) is 0 Å². The summed E-state index contributed by atoms with van der Waals surface area (Å²) in [5.41, 5.74) is 0. The van der Waals surface area contributed by atoms with Crippen LogP contribution in [0.15, 0.2) is 0 Å². The van der Waals surface area contributed by atoms with Gasteiger partial charge in [-0.05, 0) is 0 Å². The van der Waals surface area contributed by atoms with Crippen LogP contribution < -0.4 is 0 Å². The first-order valence-corrected chi connectivity index (χ1v) is 0.704. The van der Waals surface area contributed by atoms with E-state index < -0.39 is 0 Å². The van der Waals surface area contributed by atoms with Gasteiger partial charge in [-0.1, -0.05) is 0 Å². The van der Waals surface area contributed by atoms with Gasteiger partial charge in [-0.15, -0.1) is 0 Å². The summed E-state index contributed by atoms with van der Waals surface area (Å²) in [6.45, 7) is 1.32. The summed E-state index contributed by atoms with van der Waals surface area (Å²) in [6, 6.07) is 0. The van der Waals surface area contributed by atoms with Crippen molar-refractivity contribution in [2.45, 2.75) is 6.92 Å². The van der Waals surface area contributed by atoms with Crippen LogP contribution in [0.1, 0.15) is 6.92 Å². The third-order valence-corrected chi connectivity index (χ3v) is 0. The SMILES string of the molecule is C[C-]=O.[CH3-].[Y].[Y].[Y]. The summed E-state index contributed by atoms with van der Waals surface area (Å²) >= 11 is 0. The van der Waals surface area contributed by atoms with Gasteiger partial charge in [-0.2, -0.15) is 6.92 Å². The van der Waals surface area contributed by atoms with Crippen LogP contribution in [0.3, 0.4) is 0 Å². The van der Waals surface area contributed by atoms with Gasteiger partial charge in [0.15, 0.2) is 0 Å². The predicted octanol–water partition coefficient (Wildman–Crippen LogP) is 0.559. The Morgan fingerprint density at radius 2 is 1.14 bits per heavy atom. The van der Waals surface area contributed by atoms with Crippen molar-refractivity contribution in [2.24, 2.45) is 0 Å². The standard InChI is InChI=1S/C2H3O.CH3.3Y/c1-2-3;;;;/h1H3;1H3;;;/q2*-1;;;. The zero-order valence-electron chi connectivity index (χ0n) is 4.64. The topological polar surface area (TPSA) is 17.1 Å².